The van der Waals surface area contributed by atoms with Crippen molar-refractivity contribution in [3.05, 3.63) is 11.8 Å². The zero-order valence-electron chi connectivity index (χ0n) is 6.09. The molecular weight excluding hydrogens is 160 g/mol. The first-order chi connectivity index (χ1) is 5.36. The molecule has 11 heavy (non-hydrogen) atoms. The molecule has 0 spiro atoms. The summed E-state index contributed by atoms with van der Waals surface area (Å²) in [5.41, 5.74) is 0.476. The van der Waals surface area contributed by atoms with E-state index < -0.39 is 0 Å². The summed E-state index contributed by atoms with van der Waals surface area (Å²) in [6.45, 7) is 2.04. The van der Waals surface area contributed by atoms with Gasteiger partial charge >= 0.3 is 0 Å². The second kappa shape index (κ2) is 3.88. The zero-order valence-corrected chi connectivity index (χ0v) is 6.90. The highest BCUT2D eigenvalue weighted by atomic mass is 32.2. The first kappa shape index (κ1) is 7.95. The Morgan fingerprint density at radius 1 is 1.91 bits per heavy atom. The van der Waals surface area contributed by atoms with Gasteiger partial charge < -0.3 is 4.72 Å². The highest BCUT2D eigenvalue weighted by molar-refractivity contribution is 8.00. The molecule has 1 aromatic heterocycles. The number of aromatic amines is 1. The van der Waals surface area contributed by atoms with Gasteiger partial charge in [-0.15, -0.1) is 0 Å². The van der Waals surface area contributed by atoms with Gasteiger partial charge in [0.05, 0.1) is 0 Å². The van der Waals surface area contributed by atoms with Crippen LogP contribution in [0.15, 0.2) is 6.07 Å². The van der Waals surface area contributed by atoms with Crippen molar-refractivity contribution in [3.63, 3.8) is 0 Å². The lowest BCUT2D eigenvalue weighted by Gasteiger charge is -1.94. The second-order valence-electron chi connectivity index (χ2n) is 1.81. The predicted octanol–water partition coefficient (Wildman–Crippen LogP) is 1.36. The Hall–Kier alpha value is -1.15. The van der Waals surface area contributed by atoms with Gasteiger partial charge in [-0.1, -0.05) is 18.9 Å². The minimum absolute atomic E-state index is 0.476. The molecule has 2 N–H and O–H groups in total. The smallest absolute Gasteiger partial charge is 0.159 e. The van der Waals surface area contributed by atoms with Crippen LogP contribution >= 0.6 is 11.9 Å². The molecule has 0 fully saturated rings. The molecule has 0 aromatic carbocycles. The Morgan fingerprint density at radius 3 is 3.27 bits per heavy atom. The van der Waals surface area contributed by atoms with E-state index in [0.717, 1.165) is 5.75 Å². The van der Waals surface area contributed by atoms with Gasteiger partial charge in [-0.2, -0.15) is 10.4 Å². The Balaban J connectivity index is 2.53. The topological polar surface area (TPSA) is 64.5 Å². The highest BCUT2D eigenvalue weighted by Gasteiger charge is 1.96. The van der Waals surface area contributed by atoms with Crippen molar-refractivity contribution in [2.45, 2.75) is 6.92 Å². The van der Waals surface area contributed by atoms with E-state index in [4.69, 9.17) is 5.26 Å². The van der Waals surface area contributed by atoms with Crippen molar-refractivity contribution in [1.82, 2.24) is 10.2 Å². The molecule has 0 aliphatic heterocycles. The van der Waals surface area contributed by atoms with Crippen LogP contribution in [0.4, 0.5) is 5.82 Å². The third-order valence-corrected chi connectivity index (χ3v) is 1.66. The van der Waals surface area contributed by atoms with Gasteiger partial charge in [-0.3, -0.25) is 5.10 Å². The van der Waals surface area contributed by atoms with E-state index in [1.54, 1.807) is 18.0 Å². The molecule has 0 bridgehead atoms. The average molecular weight is 168 g/mol. The van der Waals surface area contributed by atoms with Gasteiger partial charge in [-0.25, -0.2) is 0 Å². The maximum Gasteiger partial charge on any atom is 0.159 e. The molecule has 1 heterocycles. The quantitative estimate of drug-likeness (QED) is 0.669. The van der Waals surface area contributed by atoms with E-state index >= 15 is 0 Å². The predicted molar refractivity (Wildman–Crippen MR) is 45.1 cm³/mol. The van der Waals surface area contributed by atoms with E-state index in [1.165, 1.54) is 0 Å². The molecule has 1 aromatic rings. The standard InChI is InChI=1S/C6H8N4S/c1-2-11-10-6-3-5(4-7)8-9-6/h3H,2H2,1H3,(H2,8,9,10). The molecule has 58 valence electrons. The van der Waals surface area contributed by atoms with E-state index in [9.17, 15) is 0 Å². The Kier molecular flexibility index (Phi) is 2.81. The number of rotatable bonds is 3. The molecule has 4 nitrogen and oxygen atoms in total. The number of aromatic nitrogens is 2. The molecule has 0 aliphatic rings. The zero-order chi connectivity index (χ0) is 8.10. The summed E-state index contributed by atoms with van der Waals surface area (Å²) in [6.07, 6.45) is 0. The summed E-state index contributed by atoms with van der Waals surface area (Å²) in [6, 6.07) is 3.63. The van der Waals surface area contributed by atoms with Crippen LogP contribution in [-0.2, 0) is 0 Å². The number of nitriles is 1. The van der Waals surface area contributed by atoms with Gasteiger partial charge in [0, 0.05) is 11.8 Å². The van der Waals surface area contributed by atoms with Crippen LogP contribution < -0.4 is 4.72 Å². The molecule has 0 saturated heterocycles. The summed E-state index contributed by atoms with van der Waals surface area (Å²) in [5.74, 6) is 1.67. The largest absolute Gasteiger partial charge is 0.313 e. The number of nitrogens with one attached hydrogen (secondary N) is 2. The second-order valence-corrected chi connectivity index (χ2v) is 2.88. The van der Waals surface area contributed by atoms with Gasteiger partial charge in [0.2, 0.25) is 0 Å². The van der Waals surface area contributed by atoms with Crippen molar-refractivity contribution in [2.24, 2.45) is 0 Å². The number of nitrogens with zero attached hydrogens (tertiary/aromatic N) is 2. The van der Waals surface area contributed by atoms with Crippen LogP contribution in [0.25, 0.3) is 0 Å². The van der Waals surface area contributed by atoms with Crippen molar-refractivity contribution in [1.29, 1.82) is 5.26 Å². The van der Waals surface area contributed by atoms with Crippen molar-refractivity contribution in [2.75, 3.05) is 10.5 Å². The van der Waals surface area contributed by atoms with Crippen LogP contribution in [0.3, 0.4) is 0 Å². The monoisotopic (exact) mass is 168 g/mol. The fourth-order valence-electron chi connectivity index (χ4n) is 0.577. The van der Waals surface area contributed by atoms with Crippen LogP contribution in [-0.4, -0.2) is 16.0 Å². The molecular formula is C6H8N4S. The van der Waals surface area contributed by atoms with Gasteiger partial charge in [0.1, 0.15) is 11.8 Å². The van der Waals surface area contributed by atoms with E-state index in [-0.39, 0.29) is 0 Å². The minimum Gasteiger partial charge on any atom is -0.313 e. The molecule has 0 atom stereocenters. The summed E-state index contributed by atoms with van der Waals surface area (Å²) in [4.78, 5) is 0. The Labute approximate surface area is 69.1 Å². The van der Waals surface area contributed by atoms with E-state index in [1.807, 2.05) is 13.0 Å². The normalized spacial score (nSPS) is 9.09. The number of hydrogen-bond acceptors (Lipinski definition) is 4. The fourth-order valence-corrected chi connectivity index (χ4v) is 0.974. The lowest BCUT2D eigenvalue weighted by molar-refractivity contribution is 1.08. The molecule has 0 aliphatic carbocycles. The molecule has 0 unspecified atom stereocenters. The van der Waals surface area contributed by atoms with Crippen LogP contribution in [0.1, 0.15) is 12.6 Å². The summed E-state index contributed by atoms with van der Waals surface area (Å²) in [7, 11) is 0. The SMILES string of the molecule is CCSNc1cc(C#N)[nH]n1. The molecule has 0 amide bonds. The number of hydrogen-bond donors (Lipinski definition) is 2. The van der Waals surface area contributed by atoms with Crippen molar-refractivity contribution in [3.8, 4) is 6.07 Å². The molecule has 1 rings (SSSR count). The third kappa shape index (κ3) is 2.16. The van der Waals surface area contributed by atoms with Gasteiger partial charge in [0.15, 0.2) is 5.82 Å². The summed E-state index contributed by atoms with van der Waals surface area (Å²) in [5, 5.41) is 14.8. The summed E-state index contributed by atoms with van der Waals surface area (Å²) < 4.78 is 2.97. The van der Waals surface area contributed by atoms with Crippen molar-refractivity contribution < 1.29 is 0 Å². The summed E-state index contributed by atoms with van der Waals surface area (Å²) >= 11 is 1.54. The Bertz CT molecular complexity index is 262. The van der Waals surface area contributed by atoms with Crippen LogP contribution in [0.2, 0.25) is 0 Å². The number of H-pyrrole nitrogens is 1. The maximum absolute atomic E-state index is 8.42. The van der Waals surface area contributed by atoms with Gasteiger partial charge in [-0.05, 0) is 0 Å². The third-order valence-electron chi connectivity index (χ3n) is 1.02. The van der Waals surface area contributed by atoms with E-state index in [2.05, 4.69) is 14.9 Å². The molecule has 0 saturated carbocycles. The minimum atomic E-state index is 0.476. The molecule has 0 radical (unpaired) electrons. The van der Waals surface area contributed by atoms with E-state index in [0.29, 0.717) is 11.5 Å². The van der Waals surface area contributed by atoms with Crippen LogP contribution in [0.5, 0.6) is 0 Å². The number of anilines is 1. The first-order valence-corrected chi connectivity index (χ1v) is 4.18. The maximum atomic E-state index is 8.42. The molecule has 5 heteroatoms. The van der Waals surface area contributed by atoms with Crippen molar-refractivity contribution >= 4 is 17.8 Å². The van der Waals surface area contributed by atoms with Gasteiger partial charge in [0.25, 0.3) is 0 Å². The highest BCUT2D eigenvalue weighted by Crippen LogP contribution is 2.09. The average Bonchev–Trinajstić information content (AvgIpc) is 2.48. The lowest BCUT2D eigenvalue weighted by Crippen LogP contribution is -1.85. The Morgan fingerprint density at radius 2 is 2.73 bits per heavy atom. The van der Waals surface area contributed by atoms with Crippen LogP contribution in [0, 0.1) is 11.3 Å². The lowest BCUT2D eigenvalue weighted by atomic mass is 10.5. The fraction of sp³-hybridized carbons (Fsp3) is 0.333. The first-order valence-electron chi connectivity index (χ1n) is 3.20.